The normalized spacial score (nSPS) is 14.6. The molecule has 5 nitrogen and oxygen atoms in total. The molecule has 0 aromatic heterocycles. The summed E-state index contributed by atoms with van der Waals surface area (Å²) in [6.07, 6.45) is 2.69. The lowest BCUT2D eigenvalue weighted by molar-refractivity contribution is -0.123. The summed E-state index contributed by atoms with van der Waals surface area (Å²) < 4.78 is 4.90. The minimum absolute atomic E-state index is 0.198. The van der Waals surface area contributed by atoms with E-state index in [2.05, 4.69) is 5.32 Å². The first-order valence-corrected chi connectivity index (χ1v) is 6.77. The van der Waals surface area contributed by atoms with Gasteiger partial charge in [0.1, 0.15) is 0 Å². The molecule has 0 radical (unpaired) electrons. The molecule has 0 saturated heterocycles. The minimum atomic E-state index is -0.519. The quantitative estimate of drug-likeness (QED) is 0.504. The number of carbonyl (C=O) groups is 1. The number of nitrogens with one attached hydrogen (secondary N) is 1. The van der Waals surface area contributed by atoms with E-state index in [1.165, 1.54) is 0 Å². The Morgan fingerprint density at radius 3 is 2.50 bits per heavy atom. The van der Waals surface area contributed by atoms with Crippen LogP contribution in [-0.2, 0) is 9.53 Å². The van der Waals surface area contributed by atoms with Gasteiger partial charge >= 0.3 is 0 Å². The fourth-order valence-corrected chi connectivity index (χ4v) is 1.91. The summed E-state index contributed by atoms with van der Waals surface area (Å²) in [7, 11) is 1.62. The second kappa shape index (κ2) is 10.3. The molecule has 0 spiro atoms. The highest BCUT2D eigenvalue weighted by molar-refractivity contribution is 5.81. The van der Waals surface area contributed by atoms with Gasteiger partial charge in [0.05, 0.1) is 12.1 Å². The van der Waals surface area contributed by atoms with Gasteiger partial charge in [-0.25, -0.2) is 0 Å². The topological polar surface area (TPSA) is 84.6 Å². The number of rotatable bonds is 10. The molecule has 0 heterocycles. The van der Waals surface area contributed by atoms with Gasteiger partial charge in [0.2, 0.25) is 5.91 Å². The average molecular weight is 260 g/mol. The van der Waals surface area contributed by atoms with E-state index in [1.54, 1.807) is 7.11 Å². The van der Waals surface area contributed by atoms with Gasteiger partial charge in [0, 0.05) is 20.3 Å². The predicted molar refractivity (Wildman–Crippen MR) is 72.2 cm³/mol. The first kappa shape index (κ1) is 17.4. The van der Waals surface area contributed by atoms with E-state index in [0.29, 0.717) is 13.0 Å². The highest BCUT2D eigenvalue weighted by Gasteiger charge is 2.18. The first-order valence-electron chi connectivity index (χ1n) is 6.77. The van der Waals surface area contributed by atoms with Crippen LogP contribution in [0.3, 0.4) is 0 Å². The fourth-order valence-electron chi connectivity index (χ4n) is 1.91. The molecule has 18 heavy (non-hydrogen) atoms. The lowest BCUT2D eigenvalue weighted by Gasteiger charge is -2.21. The molecule has 4 N–H and O–H groups in total. The number of hydrogen-bond donors (Lipinski definition) is 3. The third-order valence-corrected chi connectivity index (χ3v) is 3.28. The van der Waals surface area contributed by atoms with Crippen molar-refractivity contribution in [2.45, 2.75) is 51.7 Å². The van der Waals surface area contributed by atoms with E-state index in [0.717, 1.165) is 19.3 Å². The molecule has 0 aliphatic rings. The SMILES string of the molecule is CCC(CC)C(O)CNC(=O)C(N)CCCOC. The van der Waals surface area contributed by atoms with Gasteiger partial charge in [-0.3, -0.25) is 4.79 Å². The van der Waals surface area contributed by atoms with Crippen LogP contribution in [0.2, 0.25) is 0 Å². The zero-order chi connectivity index (χ0) is 14.0. The van der Waals surface area contributed by atoms with E-state index in [4.69, 9.17) is 10.5 Å². The zero-order valence-corrected chi connectivity index (χ0v) is 11.8. The smallest absolute Gasteiger partial charge is 0.237 e. The highest BCUT2D eigenvalue weighted by atomic mass is 16.5. The van der Waals surface area contributed by atoms with Crippen molar-refractivity contribution in [2.24, 2.45) is 11.7 Å². The molecule has 2 unspecified atom stereocenters. The maximum absolute atomic E-state index is 11.7. The third-order valence-electron chi connectivity index (χ3n) is 3.28. The Morgan fingerprint density at radius 1 is 1.39 bits per heavy atom. The van der Waals surface area contributed by atoms with Crippen molar-refractivity contribution >= 4 is 5.91 Å². The second-order valence-corrected chi connectivity index (χ2v) is 4.63. The maximum atomic E-state index is 11.7. The molecule has 0 fully saturated rings. The number of ether oxygens (including phenoxy) is 1. The van der Waals surface area contributed by atoms with Crippen LogP contribution in [0.5, 0.6) is 0 Å². The summed E-state index contributed by atoms with van der Waals surface area (Å²) in [5.74, 6) is 0.0334. The zero-order valence-electron chi connectivity index (χ0n) is 11.8. The van der Waals surface area contributed by atoms with Gasteiger partial charge in [-0.15, -0.1) is 0 Å². The first-order chi connectivity index (χ1) is 8.56. The van der Waals surface area contributed by atoms with Crippen LogP contribution < -0.4 is 11.1 Å². The van der Waals surface area contributed by atoms with Crippen LogP contribution in [-0.4, -0.2) is 43.4 Å². The largest absolute Gasteiger partial charge is 0.391 e. The van der Waals surface area contributed by atoms with Crippen LogP contribution in [0, 0.1) is 5.92 Å². The Bertz CT molecular complexity index is 220. The number of aliphatic hydroxyl groups excluding tert-OH is 1. The number of carbonyl (C=O) groups excluding carboxylic acids is 1. The highest BCUT2D eigenvalue weighted by Crippen LogP contribution is 2.12. The van der Waals surface area contributed by atoms with Gasteiger partial charge in [0.15, 0.2) is 0 Å². The molecular weight excluding hydrogens is 232 g/mol. The van der Waals surface area contributed by atoms with Gasteiger partial charge in [-0.2, -0.15) is 0 Å². The van der Waals surface area contributed by atoms with E-state index < -0.39 is 12.1 Å². The summed E-state index contributed by atoms with van der Waals surface area (Å²) in [4.78, 5) is 11.7. The summed E-state index contributed by atoms with van der Waals surface area (Å²) in [5.41, 5.74) is 5.74. The number of aliphatic hydroxyl groups is 1. The van der Waals surface area contributed by atoms with Crippen molar-refractivity contribution in [3.8, 4) is 0 Å². The molecule has 0 aromatic carbocycles. The second-order valence-electron chi connectivity index (χ2n) is 4.63. The molecule has 108 valence electrons. The maximum Gasteiger partial charge on any atom is 0.237 e. The Labute approximate surface area is 110 Å². The van der Waals surface area contributed by atoms with Crippen LogP contribution in [0.25, 0.3) is 0 Å². The van der Waals surface area contributed by atoms with E-state index >= 15 is 0 Å². The minimum Gasteiger partial charge on any atom is -0.391 e. The number of nitrogens with two attached hydrogens (primary N) is 1. The van der Waals surface area contributed by atoms with Crippen molar-refractivity contribution in [3.63, 3.8) is 0 Å². The molecule has 0 aromatic rings. The van der Waals surface area contributed by atoms with Gasteiger partial charge in [-0.05, 0) is 18.8 Å². The Morgan fingerprint density at radius 2 is 2.00 bits per heavy atom. The van der Waals surface area contributed by atoms with Crippen LogP contribution in [0.15, 0.2) is 0 Å². The molecule has 0 aliphatic heterocycles. The van der Waals surface area contributed by atoms with E-state index in [1.807, 2.05) is 13.8 Å². The third kappa shape index (κ3) is 6.93. The van der Waals surface area contributed by atoms with Gasteiger partial charge in [0.25, 0.3) is 0 Å². The van der Waals surface area contributed by atoms with Crippen molar-refractivity contribution in [2.75, 3.05) is 20.3 Å². The van der Waals surface area contributed by atoms with Crippen LogP contribution in [0.4, 0.5) is 0 Å². The molecular formula is C13H28N2O3. The molecule has 0 aliphatic carbocycles. The molecule has 5 heteroatoms. The summed E-state index contributed by atoms with van der Waals surface area (Å²) in [5, 5.41) is 12.6. The molecule has 0 rings (SSSR count). The van der Waals surface area contributed by atoms with Gasteiger partial charge < -0.3 is 20.9 Å². The van der Waals surface area contributed by atoms with Crippen LogP contribution >= 0.6 is 0 Å². The molecule has 0 saturated carbocycles. The number of methoxy groups -OCH3 is 1. The molecule has 1 amide bonds. The Hall–Kier alpha value is -0.650. The van der Waals surface area contributed by atoms with E-state index in [-0.39, 0.29) is 18.4 Å². The summed E-state index contributed by atoms with van der Waals surface area (Å²) in [6.45, 7) is 4.96. The Balaban J connectivity index is 3.86. The number of amides is 1. The molecule has 0 bridgehead atoms. The van der Waals surface area contributed by atoms with E-state index in [9.17, 15) is 9.90 Å². The standard InChI is InChI=1S/C13H28N2O3/c1-4-10(5-2)12(16)9-15-13(17)11(14)7-6-8-18-3/h10-12,16H,4-9,14H2,1-3H3,(H,15,17). The van der Waals surface area contributed by atoms with Gasteiger partial charge in [-0.1, -0.05) is 26.7 Å². The van der Waals surface area contributed by atoms with Crippen molar-refractivity contribution in [1.82, 2.24) is 5.32 Å². The fraction of sp³-hybridized carbons (Fsp3) is 0.923. The Kier molecular flexibility index (Phi) is 9.92. The van der Waals surface area contributed by atoms with Crippen LogP contribution in [0.1, 0.15) is 39.5 Å². The average Bonchev–Trinajstić information content (AvgIpc) is 2.37. The molecule has 2 atom stereocenters. The predicted octanol–water partition coefficient (Wildman–Crippen LogP) is 0.654. The van der Waals surface area contributed by atoms with Crippen molar-refractivity contribution in [3.05, 3.63) is 0 Å². The lowest BCUT2D eigenvalue weighted by Crippen LogP contribution is -2.44. The lowest BCUT2D eigenvalue weighted by atomic mass is 9.96. The summed E-state index contributed by atoms with van der Waals surface area (Å²) >= 11 is 0. The van der Waals surface area contributed by atoms with Crippen molar-refractivity contribution < 1.29 is 14.6 Å². The monoisotopic (exact) mass is 260 g/mol. The summed E-state index contributed by atoms with van der Waals surface area (Å²) in [6, 6.07) is -0.519. The number of hydrogen-bond acceptors (Lipinski definition) is 4. The van der Waals surface area contributed by atoms with Crippen molar-refractivity contribution in [1.29, 1.82) is 0 Å².